The maximum Gasteiger partial charge on any atom is 1.00 e. The number of carbonyl (C=O) groups excluding carboxylic acids is 1. The minimum atomic E-state index is -0.959. The molecule has 1 atom stereocenters. The SMILES string of the molecule is CCCCCCCCCCC[C-]=O.N[C@@H](Cc1ccccc1)C(=O)O.[Na+]. The summed E-state index contributed by atoms with van der Waals surface area (Å²) in [5.74, 6) is -0.959. The van der Waals surface area contributed by atoms with Gasteiger partial charge in [0.15, 0.2) is 0 Å². The molecular weight excluding hydrogens is 337 g/mol. The fraction of sp³-hybridized carbons (Fsp3) is 0.619. The fourth-order valence-electron chi connectivity index (χ4n) is 2.46. The summed E-state index contributed by atoms with van der Waals surface area (Å²) in [7, 11) is 0. The third-order valence-electron chi connectivity index (χ3n) is 4.00. The van der Waals surface area contributed by atoms with Crippen molar-refractivity contribution in [2.75, 3.05) is 0 Å². The molecule has 0 saturated heterocycles. The molecule has 142 valence electrons. The van der Waals surface area contributed by atoms with Crippen molar-refractivity contribution in [3.8, 4) is 0 Å². The van der Waals surface area contributed by atoms with Crippen LogP contribution in [0, 0.1) is 0 Å². The number of rotatable bonds is 13. The van der Waals surface area contributed by atoms with Crippen molar-refractivity contribution in [2.24, 2.45) is 5.73 Å². The zero-order valence-corrected chi connectivity index (χ0v) is 18.6. The predicted octanol–water partition coefficient (Wildman–Crippen LogP) is 1.66. The Labute approximate surface area is 181 Å². The van der Waals surface area contributed by atoms with Crippen LogP contribution in [0.15, 0.2) is 30.3 Å². The number of hydrogen-bond donors (Lipinski definition) is 2. The maximum atomic E-state index is 10.4. The minimum Gasteiger partial charge on any atom is -0.542 e. The Hall–Kier alpha value is -0.680. The fourth-order valence-corrected chi connectivity index (χ4v) is 2.46. The molecule has 0 heterocycles. The molecule has 26 heavy (non-hydrogen) atoms. The van der Waals surface area contributed by atoms with Crippen LogP contribution in [-0.4, -0.2) is 23.4 Å². The van der Waals surface area contributed by atoms with Crippen molar-refractivity contribution in [1.29, 1.82) is 0 Å². The van der Waals surface area contributed by atoms with Crippen molar-refractivity contribution >= 4 is 12.3 Å². The number of benzene rings is 1. The number of carboxylic acids is 1. The van der Waals surface area contributed by atoms with Crippen molar-refractivity contribution in [3.63, 3.8) is 0 Å². The zero-order chi connectivity index (χ0) is 18.8. The molecule has 0 radical (unpaired) electrons. The monoisotopic (exact) mass is 371 g/mol. The van der Waals surface area contributed by atoms with E-state index in [4.69, 9.17) is 10.8 Å². The summed E-state index contributed by atoms with van der Waals surface area (Å²) in [5.41, 5.74) is 6.30. The van der Waals surface area contributed by atoms with E-state index >= 15 is 0 Å². The quantitative estimate of drug-likeness (QED) is 0.314. The zero-order valence-electron chi connectivity index (χ0n) is 16.6. The minimum absolute atomic E-state index is 0. The van der Waals surface area contributed by atoms with Crippen LogP contribution < -0.4 is 35.3 Å². The van der Waals surface area contributed by atoms with E-state index in [2.05, 4.69) is 6.92 Å². The van der Waals surface area contributed by atoms with Crippen LogP contribution in [0.4, 0.5) is 0 Å². The number of unbranched alkanes of at least 4 members (excludes halogenated alkanes) is 9. The molecule has 0 aliphatic rings. The second-order valence-electron chi connectivity index (χ2n) is 6.36. The van der Waals surface area contributed by atoms with Gasteiger partial charge in [0, 0.05) is 0 Å². The topological polar surface area (TPSA) is 80.4 Å². The number of carbonyl (C=O) groups is 1. The van der Waals surface area contributed by atoms with E-state index in [1.165, 1.54) is 51.4 Å². The van der Waals surface area contributed by atoms with Crippen LogP contribution in [0.5, 0.6) is 0 Å². The molecule has 0 spiro atoms. The van der Waals surface area contributed by atoms with Crippen molar-refractivity contribution in [3.05, 3.63) is 35.9 Å². The van der Waals surface area contributed by atoms with E-state index in [1.54, 1.807) is 0 Å². The molecule has 0 fully saturated rings. The van der Waals surface area contributed by atoms with Crippen LogP contribution in [-0.2, 0) is 16.0 Å². The molecule has 3 N–H and O–H groups in total. The molecule has 0 aliphatic carbocycles. The van der Waals surface area contributed by atoms with Gasteiger partial charge in [0.25, 0.3) is 0 Å². The first-order valence-electron chi connectivity index (χ1n) is 9.49. The predicted molar refractivity (Wildman–Crippen MR) is 103 cm³/mol. The van der Waals surface area contributed by atoms with Gasteiger partial charge in [0.2, 0.25) is 0 Å². The second kappa shape index (κ2) is 20.6. The standard InChI is InChI=1S/C12H23O.C9H11NO2.Na/c1-2-3-4-5-6-7-8-9-10-11-12-13;10-8(9(11)12)6-7-4-2-1-3-5-7;/h2-11H2,1H3;1-5,8H,6,10H2,(H,11,12);/q-1;;+1/t;8-;/m.0./s1. The second-order valence-corrected chi connectivity index (χ2v) is 6.36. The Morgan fingerprint density at radius 3 is 1.96 bits per heavy atom. The Morgan fingerprint density at radius 2 is 1.50 bits per heavy atom. The van der Waals surface area contributed by atoms with Gasteiger partial charge >= 0.3 is 35.5 Å². The van der Waals surface area contributed by atoms with Crippen LogP contribution >= 0.6 is 0 Å². The van der Waals surface area contributed by atoms with Crippen LogP contribution in [0.1, 0.15) is 76.7 Å². The Balaban J connectivity index is 0. The van der Waals surface area contributed by atoms with E-state index < -0.39 is 12.0 Å². The molecule has 1 rings (SSSR count). The van der Waals surface area contributed by atoms with Gasteiger partial charge in [-0.05, 0) is 12.0 Å². The Kier molecular flexibility index (Phi) is 21.9. The largest absolute Gasteiger partial charge is 1.00 e. The van der Waals surface area contributed by atoms with E-state index in [1.807, 2.05) is 36.6 Å². The molecule has 1 aromatic rings. The van der Waals surface area contributed by atoms with Gasteiger partial charge in [0.05, 0.1) is 0 Å². The molecule has 0 unspecified atom stereocenters. The molecule has 0 amide bonds. The molecule has 0 aromatic heterocycles. The van der Waals surface area contributed by atoms with Gasteiger partial charge in [0.1, 0.15) is 6.04 Å². The Bertz CT molecular complexity index is 440. The first-order chi connectivity index (χ1) is 12.1. The van der Waals surface area contributed by atoms with E-state index in [0.29, 0.717) is 12.8 Å². The smallest absolute Gasteiger partial charge is 0.542 e. The van der Waals surface area contributed by atoms with Gasteiger partial charge in [-0.2, -0.15) is 6.42 Å². The van der Waals surface area contributed by atoms with E-state index in [9.17, 15) is 9.59 Å². The van der Waals surface area contributed by atoms with E-state index in [0.717, 1.165) is 12.0 Å². The molecule has 0 bridgehead atoms. The summed E-state index contributed by atoms with van der Waals surface area (Å²) < 4.78 is 0. The Morgan fingerprint density at radius 1 is 1.00 bits per heavy atom. The van der Waals surface area contributed by atoms with Gasteiger partial charge < -0.3 is 15.6 Å². The number of carboxylic acid groups (broad SMARTS) is 1. The number of aliphatic carboxylic acids is 1. The van der Waals surface area contributed by atoms with Gasteiger partial charge in [-0.1, -0.05) is 95.0 Å². The first kappa shape index (κ1) is 27.5. The van der Waals surface area contributed by atoms with Crippen molar-refractivity contribution in [1.82, 2.24) is 0 Å². The summed E-state index contributed by atoms with van der Waals surface area (Å²) in [6.45, 7) is 2.25. The maximum absolute atomic E-state index is 10.4. The molecule has 1 aromatic carbocycles. The van der Waals surface area contributed by atoms with Crippen LogP contribution in [0.25, 0.3) is 0 Å². The summed E-state index contributed by atoms with van der Waals surface area (Å²) in [5, 5.41) is 8.52. The normalized spacial score (nSPS) is 10.8. The summed E-state index contributed by atoms with van der Waals surface area (Å²) in [6.07, 6.45) is 14.8. The summed E-state index contributed by atoms with van der Waals surface area (Å²) in [4.78, 5) is 20.3. The third kappa shape index (κ3) is 18.1. The van der Waals surface area contributed by atoms with Crippen molar-refractivity contribution < 1.29 is 44.3 Å². The summed E-state index contributed by atoms with van der Waals surface area (Å²) >= 11 is 0. The molecule has 4 nitrogen and oxygen atoms in total. The molecule has 0 aliphatic heterocycles. The van der Waals surface area contributed by atoms with Gasteiger partial charge in [-0.3, -0.25) is 11.1 Å². The van der Waals surface area contributed by atoms with Gasteiger partial charge in [-0.25, -0.2) is 0 Å². The molecular formula is C21H34NNaO3. The number of nitrogens with two attached hydrogens (primary N) is 1. The first-order valence-corrected chi connectivity index (χ1v) is 9.49. The summed E-state index contributed by atoms with van der Waals surface area (Å²) in [6, 6.07) is 8.54. The third-order valence-corrected chi connectivity index (χ3v) is 4.00. The van der Waals surface area contributed by atoms with Crippen LogP contribution in [0.3, 0.4) is 0 Å². The van der Waals surface area contributed by atoms with Crippen LogP contribution in [0.2, 0.25) is 0 Å². The molecule has 5 heteroatoms. The van der Waals surface area contributed by atoms with E-state index in [-0.39, 0.29) is 29.6 Å². The van der Waals surface area contributed by atoms with Crippen molar-refractivity contribution in [2.45, 2.75) is 83.6 Å². The molecule has 0 saturated carbocycles. The van der Waals surface area contributed by atoms with Gasteiger partial charge in [-0.15, -0.1) is 0 Å². The number of hydrogen-bond acceptors (Lipinski definition) is 3. The average Bonchev–Trinajstić information content (AvgIpc) is 2.62. The average molecular weight is 371 g/mol.